The molecule has 2 N–H and O–H groups in total. The number of ether oxygens (including phenoxy) is 2. The van der Waals surface area contributed by atoms with Crippen LogP contribution >= 0.6 is 11.8 Å². The van der Waals surface area contributed by atoms with Gasteiger partial charge in [0.2, 0.25) is 0 Å². The van der Waals surface area contributed by atoms with Crippen LogP contribution in [0.1, 0.15) is 31.1 Å². The number of anilines is 1. The van der Waals surface area contributed by atoms with Gasteiger partial charge < -0.3 is 15.2 Å². The molecule has 0 fully saturated rings. The van der Waals surface area contributed by atoms with Gasteiger partial charge in [0.15, 0.2) is 5.16 Å². The van der Waals surface area contributed by atoms with Crippen LogP contribution in [0.4, 0.5) is 5.82 Å². The van der Waals surface area contributed by atoms with Crippen LogP contribution in [0.15, 0.2) is 11.4 Å². The van der Waals surface area contributed by atoms with Gasteiger partial charge in [-0.25, -0.2) is 14.8 Å². The third-order valence-corrected chi connectivity index (χ3v) is 3.91. The summed E-state index contributed by atoms with van der Waals surface area (Å²) in [4.78, 5) is 31.2. The van der Waals surface area contributed by atoms with Crippen LogP contribution in [0.5, 0.6) is 0 Å². The number of methoxy groups -OCH3 is 1. The average Bonchev–Trinajstić information content (AvgIpc) is 2.44. The van der Waals surface area contributed by atoms with Crippen molar-refractivity contribution in [3.8, 4) is 0 Å². The Kier molecular flexibility index (Phi) is 5.95. The Morgan fingerprint density at radius 3 is 2.62 bits per heavy atom. The molecule has 7 nitrogen and oxygen atoms in total. The largest absolute Gasteiger partial charge is 0.469 e. The van der Waals surface area contributed by atoms with E-state index in [1.807, 2.05) is 0 Å². The highest BCUT2D eigenvalue weighted by Crippen LogP contribution is 2.27. The number of carbonyl (C=O) groups is 2. The van der Waals surface area contributed by atoms with Crippen LogP contribution in [-0.2, 0) is 14.3 Å². The second-order valence-corrected chi connectivity index (χ2v) is 5.78. The first-order valence-corrected chi connectivity index (χ1v) is 7.31. The molecular formula is C13H19N3O4S. The summed E-state index contributed by atoms with van der Waals surface area (Å²) < 4.78 is 9.57. The Labute approximate surface area is 127 Å². The van der Waals surface area contributed by atoms with E-state index >= 15 is 0 Å². The van der Waals surface area contributed by atoms with Crippen LogP contribution in [0, 0.1) is 5.41 Å². The van der Waals surface area contributed by atoms with E-state index in [9.17, 15) is 9.59 Å². The lowest BCUT2D eigenvalue weighted by atomic mass is 9.97. The standard InChI is InChI=1S/C13H19N3O4S/c1-5-20-10(17)8-6-15-12(16-9(8)14)21-7-13(2,3)11(18)19-4/h6H,5,7H2,1-4H3,(H2,14,15,16). The summed E-state index contributed by atoms with van der Waals surface area (Å²) in [6.45, 7) is 5.49. The van der Waals surface area contributed by atoms with Crippen molar-refractivity contribution in [3.63, 3.8) is 0 Å². The van der Waals surface area contributed by atoms with Crippen LogP contribution in [-0.4, -0.2) is 41.4 Å². The van der Waals surface area contributed by atoms with Gasteiger partial charge in [-0.05, 0) is 20.8 Å². The number of hydrogen-bond donors (Lipinski definition) is 1. The summed E-state index contributed by atoms with van der Waals surface area (Å²) in [5, 5.41) is 0.387. The van der Waals surface area contributed by atoms with Gasteiger partial charge in [-0.3, -0.25) is 4.79 Å². The molecule has 116 valence electrons. The summed E-state index contributed by atoms with van der Waals surface area (Å²) >= 11 is 1.26. The number of esters is 2. The van der Waals surface area contributed by atoms with Gasteiger partial charge in [0.25, 0.3) is 0 Å². The Bertz CT molecular complexity index is 534. The minimum absolute atomic E-state index is 0.0572. The SMILES string of the molecule is CCOC(=O)c1cnc(SCC(C)(C)C(=O)OC)nc1N. The number of thioether (sulfide) groups is 1. The fourth-order valence-electron chi connectivity index (χ4n) is 1.39. The van der Waals surface area contributed by atoms with Crippen molar-refractivity contribution < 1.29 is 19.1 Å². The maximum Gasteiger partial charge on any atom is 0.343 e. The lowest BCUT2D eigenvalue weighted by Gasteiger charge is -2.20. The first kappa shape index (κ1) is 17.2. The van der Waals surface area contributed by atoms with Crippen molar-refractivity contribution in [1.29, 1.82) is 0 Å². The quantitative estimate of drug-likeness (QED) is 0.479. The summed E-state index contributed by atoms with van der Waals surface area (Å²) in [5.74, 6) is -0.382. The predicted molar refractivity (Wildman–Crippen MR) is 78.9 cm³/mol. The van der Waals surface area contributed by atoms with Gasteiger partial charge >= 0.3 is 11.9 Å². The molecule has 0 aliphatic heterocycles. The van der Waals surface area contributed by atoms with E-state index in [0.717, 1.165) is 0 Å². The van der Waals surface area contributed by atoms with E-state index in [2.05, 4.69) is 9.97 Å². The molecule has 1 heterocycles. The molecular weight excluding hydrogens is 294 g/mol. The Morgan fingerprint density at radius 2 is 2.10 bits per heavy atom. The summed E-state index contributed by atoms with van der Waals surface area (Å²) in [5.41, 5.74) is 5.18. The summed E-state index contributed by atoms with van der Waals surface area (Å²) in [6.07, 6.45) is 1.33. The zero-order valence-electron chi connectivity index (χ0n) is 12.5. The van der Waals surface area contributed by atoms with E-state index in [4.69, 9.17) is 15.2 Å². The number of rotatable bonds is 6. The molecule has 0 aromatic carbocycles. The van der Waals surface area contributed by atoms with Crippen molar-refractivity contribution in [2.45, 2.75) is 25.9 Å². The molecule has 1 aromatic heterocycles. The molecule has 0 aliphatic carbocycles. The maximum absolute atomic E-state index is 11.6. The molecule has 0 saturated carbocycles. The zero-order valence-corrected chi connectivity index (χ0v) is 13.3. The second kappa shape index (κ2) is 7.26. The number of aromatic nitrogens is 2. The summed E-state index contributed by atoms with van der Waals surface area (Å²) in [6, 6.07) is 0. The van der Waals surface area contributed by atoms with Gasteiger partial charge in [0, 0.05) is 11.9 Å². The normalized spacial score (nSPS) is 11.0. The molecule has 0 bridgehead atoms. The predicted octanol–water partition coefficient (Wildman–Crippen LogP) is 1.53. The molecule has 21 heavy (non-hydrogen) atoms. The van der Waals surface area contributed by atoms with Crippen LogP contribution in [0.3, 0.4) is 0 Å². The lowest BCUT2D eigenvalue weighted by Crippen LogP contribution is -2.28. The second-order valence-electron chi connectivity index (χ2n) is 4.84. The van der Waals surface area contributed by atoms with Crippen molar-refractivity contribution in [1.82, 2.24) is 9.97 Å². The van der Waals surface area contributed by atoms with Crippen molar-refractivity contribution in [2.75, 3.05) is 25.2 Å². The van der Waals surface area contributed by atoms with Gasteiger partial charge in [-0.2, -0.15) is 0 Å². The highest BCUT2D eigenvalue weighted by molar-refractivity contribution is 7.99. The highest BCUT2D eigenvalue weighted by atomic mass is 32.2. The number of nitrogens with zero attached hydrogens (tertiary/aromatic N) is 2. The monoisotopic (exact) mass is 313 g/mol. The fourth-order valence-corrected chi connectivity index (χ4v) is 2.29. The van der Waals surface area contributed by atoms with Gasteiger partial charge in [0.05, 0.1) is 19.1 Å². The minimum atomic E-state index is -0.669. The van der Waals surface area contributed by atoms with Crippen LogP contribution in [0.2, 0.25) is 0 Å². The number of nitrogen functional groups attached to an aromatic ring is 1. The smallest absolute Gasteiger partial charge is 0.343 e. The molecule has 0 atom stereocenters. The number of nitrogens with two attached hydrogens (primary N) is 1. The summed E-state index contributed by atoms with van der Waals surface area (Å²) in [7, 11) is 1.34. The third-order valence-electron chi connectivity index (χ3n) is 2.59. The zero-order chi connectivity index (χ0) is 16.0. The highest BCUT2D eigenvalue weighted by Gasteiger charge is 2.29. The van der Waals surface area contributed by atoms with Crippen LogP contribution in [0.25, 0.3) is 0 Å². The van der Waals surface area contributed by atoms with E-state index in [0.29, 0.717) is 10.9 Å². The van der Waals surface area contributed by atoms with E-state index < -0.39 is 11.4 Å². The van der Waals surface area contributed by atoms with Crippen LogP contribution < -0.4 is 5.73 Å². The van der Waals surface area contributed by atoms with Gasteiger partial charge in [-0.1, -0.05) is 11.8 Å². The van der Waals surface area contributed by atoms with Crippen molar-refractivity contribution in [3.05, 3.63) is 11.8 Å². The molecule has 1 rings (SSSR count). The number of carbonyl (C=O) groups excluding carboxylic acids is 2. The molecule has 0 amide bonds. The van der Waals surface area contributed by atoms with Gasteiger partial charge in [0.1, 0.15) is 11.4 Å². The Morgan fingerprint density at radius 1 is 1.43 bits per heavy atom. The molecule has 0 unspecified atom stereocenters. The average molecular weight is 313 g/mol. The van der Waals surface area contributed by atoms with Gasteiger partial charge in [-0.15, -0.1) is 0 Å². The molecule has 0 radical (unpaired) electrons. The lowest BCUT2D eigenvalue weighted by molar-refractivity contribution is -0.149. The topological polar surface area (TPSA) is 104 Å². The minimum Gasteiger partial charge on any atom is -0.469 e. The maximum atomic E-state index is 11.6. The Balaban J connectivity index is 2.77. The number of hydrogen-bond acceptors (Lipinski definition) is 8. The molecule has 0 saturated heterocycles. The molecule has 1 aromatic rings. The molecule has 0 aliphatic rings. The van der Waals surface area contributed by atoms with E-state index in [-0.39, 0.29) is 24.0 Å². The first-order chi connectivity index (χ1) is 9.81. The van der Waals surface area contributed by atoms with E-state index in [1.165, 1.54) is 25.1 Å². The first-order valence-electron chi connectivity index (χ1n) is 6.32. The molecule has 8 heteroatoms. The third kappa shape index (κ3) is 4.59. The van der Waals surface area contributed by atoms with Crippen molar-refractivity contribution >= 4 is 29.5 Å². The van der Waals surface area contributed by atoms with Crippen molar-refractivity contribution in [2.24, 2.45) is 5.41 Å². The fraction of sp³-hybridized carbons (Fsp3) is 0.538. The Hall–Kier alpha value is -1.83. The van der Waals surface area contributed by atoms with E-state index in [1.54, 1.807) is 20.8 Å². The molecule has 0 spiro atoms.